The molecule has 1 heterocycles. The summed E-state index contributed by atoms with van der Waals surface area (Å²) in [5, 5.41) is 36.6. The SMILES string of the molecule is NC(Cc1c[nH]c2ccccc12)C(=O)NC(Cc1ccccc1)C(=O)NC(Cc1ccc(O)cc1)C(=O)NC(CC(=O)O)C(=O)O. The van der Waals surface area contributed by atoms with Crippen LogP contribution in [0.2, 0.25) is 0 Å². The van der Waals surface area contributed by atoms with E-state index < -0.39 is 60.2 Å². The highest BCUT2D eigenvalue weighted by Gasteiger charge is 2.31. The number of hydrogen-bond acceptors (Lipinski definition) is 7. The van der Waals surface area contributed by atoms with Gasteiger partial charge in [0.05, 0.1) is 12.5 Å². The molecule has 46 heavy (non-hydrogen) atoms. The zero-order valence-corrected chi connectivity index (χ0v) is 24.7. The summed E-state index contributed by atoms with van der Waals surface area (Å²) < 4.78 is 0. The predicted octanol–water partition coefficient (Wildman–Crippen LogP) is 1.24. The first-order chi connectivity index (χ1) is 22.0. The normalized spacial score (nSPS) is 13.6. The number of aromatic nitrogens is 1. The van der Waals surface area contributed by atoms with E-state index in [-0.39, 0.29) is 25.0 Å². The van der Waals surface area contributed by atoms with Crippen LogP contribution in [-0.2, 0) is 43.2 Å². The molecule has 1 aromatic heterocycles. The Morgan fingerprint density at radius 2 is 1.22 bits per heavy atom. The number of para-hydroxylation sites is 1. The number of hydrogen-bond donors (Lipinski definition) is 8. The van der Waals surface area contributed by atoms with Crippen LogP contribution in [0.1, 0.15) is 23.1 Å². The number of carboxylic acids is 2. The maximum absolute atomic E-state index is 13.8. The van der Waals surface area contributed by atoms with E-state index in [4.69, 9.17) is 10.8 Å². The Balaban J connectivity index is 1.55. The lowest BCUT2D eigenvalue weighted by atomic mass is 10.0. The summed E-state index contributed by atoms with van der Waals surface area (Å²) >= 11 is 0. The summed E-state index contributed by atoms with van der Waals surface area (Å²) in [6.07, 6.45) is 0.975. The maximum atomic E-state index is 13.8. The van der Waals surface area contributed by atoms with Gasteiger partial charge in [0.1, 0.15) is 23.9 Å². The molecule has 3 aromatic carbocycles. The molecule has 0 saturated heterocycles. The highest BCUT2D eigenvalue weighted by molar-refractivity contribution is 5.95. The zero-order valence-electron chi connectivity index (χ0n) is 24.7. The van der Waals surface area contributed by atoms with Gasteiger partial charge in [0.15, 0.2) is 0 Å². The first-order valence-electron chi connectivity index (χ1n) is 14.5. The summed E-state index contributed by atoms with van der Waals surface area (Å²) in [6, 6.07) is 16.9. The van der Waals surface area contributed by atoms with Gasteiger partial charge in [-0.2, -0.15) is 0 Å². The van der Waals surface area contributed by atoms with Gasteiger partial charge in [-0.25, -0.2) is 4.79 Å². The molecule has 13 heteroatoms. The number of benzene rings is 3. The van der Waals surface area contributed by atoms with Gasteiger partial charge in [-0.1, -0.05) is 60.7 Å². The maximum Gasteiger partial charge on any atom is 0.326 e. The van der Waals surface area contributed by atoms with Crippen LogP contribution < -0.4 is 21.7 Å². The number of carbonyl (C=O) groups excluding carboxylic acids is 3. The van der Waals surface area contributed by atoms with Gasteiger partial charge in [0.2, 0.25) is 17.7 Å². The third-order valence-corrected chi connectivity index (χ3v) is 7.37. The van der Waals surface area contributed by atoms with Gasteiger partial charge < -0.3 is 42.0 Å². The van der Waals surface area contributed by atoms with Crippen LogP contribution in [0.3, 0.4) is 0 Å². The Labute approximate surface area is 263 Å². The molecule has 4 atom stereocenters. The number of carbonyl (C=O) groups is 5. The number of rotatable bonds is 15. The minimum absolute atomic E-state index is 0.0317. The van der Waals surface area contributed by atoms with Crippen LogP contribution in [0.4, 0.5) is 0 Å². The van der Waals surface area contributed by atoms with Crippen molar-refractivity contribution in [3.8, 4) is 5.75 Å². The first kappa shape index (κ1) is 33.2. The van der Waals surface area contributed by atoms with Crippen molar-refractivity contribution in [2.45, 2.75) is 49.9 Å². The van der Waals surface area contributed by atoms with Crippen LogP contribution in [0.15, 0.2) is 85.1 Å². The number of phenols is 1. The van der Waals surface area contributed by atoms with Gasteiger partial charge >= 0.3 is 11.9 Å². The average Bonchev–Trinajstić information content (AvgIpc) is 3.43. The number of carboxylic acid groups (broad SMARTS) is 2. The van der Waals surface area contributed by atoms with Gasteiger partial charge in [0.25, 0.3) is 0 Å². The van der Waals surface area contributed by atoms with Gasteiger partial charge in [0, 0.05) is 29.9 Å². The van der Waals surface area contributed by atoms with Crippen molar-refractivity contribution < 1.29 is 39.3 Å². The smallest absolute Gasteiger partial charge is 0.326 e. The summed E-state index contributed by atoms with van der Waals surface area (Å²) in [6.45, 7) is 0. The molecular formula is C33H35N5O8. The number of nitrogens with two attached hydrogens (primary N) is 1. The van der Waals surface area contributed by atoms with Crippen molar-refractivity contribution in [3.05, 3.63) is 102 Å². The lowest BCUT2D eigenvalue weighted by Crippen LogP contribution is -2.58. The Hall–Kier alpha value is -5.69. The Bertz CT molecular complexity index is 1690. The predicted molar refractivity (Wildman–Crippen MR) is 168 cm³/mol. The molecule has 4 rings (SSSR count). The third kappa shape index (κ3) is 9.16. The van der Waals surface area contributed by atoms with E-state index in [1.165, 1.54) is 24.3 Å². The second-order valence-electron chi connectivity index (χ2n) is 10.9. The number of H-pyrrole nitrogens is 1. The minimum atomic E-state index is -1.76. The van der Waals surface area contributed by atoms with Crippen LogP contribution >= 0.6 is 0 Å². The molecule has 4 unspecified atom stereocenters. The number of aromatic hydroxyl groups is 1. The van der Waals surface area contributed by atoms with Crippen molar-refractivity contribution in [1.82, 2.24) is 20.9 Å². The van der Waals surface area contributed by atoms with Gasteiger partial charge in [-0.15, -0.1) is 0 Å². The number of aliphatic carboxylic acids is 2. The van der Waals surface area contributed by atoms with Crippen molar-refractivity contribution in [3.63, 3.8) is 0 Å². The van der Waals surface area contributed by atoms with E-state index >= 15 is 0 Å². The zero-order chi connectivity index (χ0) is 33.2. The highest BCUT2D eigenvalue weighted by atomic mass is 16.4. The molecule has 13 nitrogen and oxygen atoms in total. The van der Waals surface area contributed by atoms with E-state index in [1.54, 1.807) is 36.5 Å². The molecule has 9 N–H and O–H groups in total. The molecule has 4 aromatic rings. The Morgan fingerprint density at radius 3 is 1.83 bits per heavy atom. The number of phenolic OH excluding ortho intramolecular Hbond substituents is 1. The van der Waals surface area contributed by atoms with Gasteiger partial charge in [-0.05, 0) is 41.3 Å². The largest absolute Gasteiger partial charge is 0.508 e. The molecule has 3 amide bonds. The number of amides is 3. The van der Waals surface area contributed by atoms with Crippen LogP contribution in [0.25, 0.3) is 10.9 Å². The number of fused-ring (bicyclic) bond motifs is 1. The lowest BCUT2D eigenvalue weighted by molar-refractivity contribution is -0.147. The minimum Gasteiger partial charge on any atom is -0.508 e. The second-order valence-corrected chi connectivity index (χ2v) is 10.9. The summed E-state index contributed by atoms with van der Waals surface area (Å²) in [5.41, 5.74) is 9.21. The van der Waals surface area contributed by atoms with E-state index in [0.717, 1.165) is 16.5 Å². The molecule has 240 valence electrons. The molecule has 0 saturated carbocycles. The molecule has 0 aliphatic carbocycles. The molecule has 0 aliphatic rings. The molecular weight excluding hydrogens is 594 g/mol. The quantitative estimate of drug-likeness (QED) is 0.0946. The number of aromatic amines is 1. The van der Waals surface area contributed by atoms with E-state index in [9.17, 15) is 34.2 Å². The first-order valence-corrected chi connectivity index (χ1v) is 14.5. The van der Waals surface area contributed by atoms with Crippen LogP contribution in [-0.4, -0.2) is 74.1 Å². The standard InChI is InChI=1S/C33H35N5O8/c34-24(16-21-18-35-25-9-5-4-8-23(21)25)30(42)36-26(14-19-6-2-1-3-7-19)31(43)37-27(15-20-10-12-22(39)13-11-20)32(44)38-28(33(45)46)17-29(40)41/h1-13,18,24,26-28,35,39H,14-17,34H2,(H,36,42)(H,37,43)(H,38,44)(H,40,41)(H,45,46). The van der Waals surface area contributed by atoms with E-state index in [2.05, 4.69) is 20.9 Å². The topological polar surface area (TPSA) is 224 Å². The average molecular weight is 630 g/mol. The summed E-state index contributed by atoms with van der Waals surface area (Å²) in [4.78, 5) is 66.3. The van der Waals surface area contributed by atoms with Crippen molar-refractivity contribution >= 4 is 40.6 Å². The van der Waals surface area contributed by atoms with Crippen LogP contribution in [0.5, 0.6) is 5.75 Å². The van der Waals surface area contributed by atoms with Crippen molar-refractivity contribution in [1.29, 1.82) is 0 Å². The molecule has 0 aliphatic heterocycles. The van der Waals surface area contributed by atoms with Crippen molar-refractivity contribution in [2.24, 2.45) is 5.73 Å². The fraction of sp³-hybridized carbons (Fsp3) is 0.242. The van der Waals surface area contributed by atoms with Gasteiger partial charge in [-0.3, -0.25) is 19.2 Å². The third-order valence-electron chi connectivity index (χ3n) is 7.37. The Kier molecular flexibility index (Phi) is 11.1. The fourth-order valence-electron chi connectivity index (χ4n) is 4.96. The second kappa shape index (κ2) is 15.3. The summed E-state index contributed by atoms with van der Waals surface area (Å²) in [7, 11) is 0. The molecule has 0 radical (unpaired) electrons. The molecule has 0 bridgehead atoms. The fourth-order valence-corrected chi connectivity index (χ4v) is 4.96. The summed E-state index contributed by atoms with van der Waals surface area (Å²) in [5.74, 6) is -5.34. The molecule has 0 spiro atoms. The van der Waals surface area contributed by atoms with Crippen molar-refractivity contribution in [2.75, 3.05) is 0 Å². The monoisotopic (exact) mass is 629 g/mol. The highest BCUT2D eigenvalue weighted by Crippen LogP contribution is 2.19. The van der Waals surface area contributed by atoms with E-state index in [1.807, 2.05) is 24.3 Å². The number of nitrogens with one attached hydrogen (secondary N) is 4. The van der Waals surface area contributed by atoms with E-state index in [0.29, 0.717) is 11.1 Å². The molecule has 0 fully saturated rings. The lowest BCUT2D eigenvalue weighted by Gasteiger charge is -2.25. The Morgan fingerprint density at radius 1 is 0.674 bits per heavy atom. The van der Waals surface area contributed by atoms with Crippen LogP contribution in [0, 0.1) is 0 Å².